The maximum Gasteiger partial charge on any atom is 0.273 e. The summed E-state index contributed by atoms with van der Waals surface area (Å²) in [7, 11) is 0. The number of nitro groups is 1. The number of nitrogens with one attached hydrogen (secondary N) is 1. The largest absolute Gasteiger partial charge is 0.491 e. The van der Waals surface area contributed by atoms with E-state index in [0.717, 1.165) is 43.0 Å². The number of anilines is 1. The van der Waals surface area contributed by atoms with E-state index in [9.17, 15) is 20.0 Å². The van der Waals surface area contributed by atoms with Gasteiger partial charge >= 0.3 is 0 Å². The van der Waals surface area contributed by atoms with E-state index in [1.54, 1.807) is 12.1 Å². The molecule has 0 radical (unpaired) electrons. The number of benzene rings is 2. The van der Waals surface area contributed by atoms with E-state index in [2.05, 4.69) is 15.1 Å². The van der Waals surface area contributed by atoms with Crippen LogP contribution in [0.5, 0.6) is 5.75 Å². The topological polar surface area (TPSA) is 108 Å². The summed E-state index contributed by atoms with van der Waals surface area (Å²) in [6.45, 7) is 7.80. The Labute approximate surface area is 187 Å². The fourth-order valence-electron chi connectivity index (χ4n) is 3.64. The van der Waals surface area contributed by atoms with E-state index in [1.165, 1.54) is 12.1 Å². The average Bonchev–Trinajstić information content (AvgIpc) is 2.77. The van der Waals surface area contributed by atoms with Crippen LogP contribution < -0.4 is 10.1 Å². The van der Waals surface area contributed by atoms with Crippen molar-refractivity contribution in [3.63, 3.8) is 0 Å². The van der Waals surface area contributed by atoms with Crippen LogP contribution in [-0.2, 0) is 4.79 Å². The Morgan fingerprint density at radius 3 is 2.56 bits per heavy atom. The summed E-state index contributed by atoms with van der Waals surface area (Å²) in [5.41, 5.74) is 3.02. The minimum absolute atomic E-state index is 0.0301. The molecule has 1 amide bonds. The Morgan fingerprint density at radius 2 is 1.84 bits per heavy atom. The predicted octanol–water partition coefficient (Wildman–Crippen LogP) is 2.21. The van der Waals surface area contributed by atoms with Gasteiger partial charge < -0.3 is 15.2 Å². The van der Waals surface area contributed by atoms with E-state index in [1.807, 2.05) is 32.0 Å². The molecule has 0 aliphatic carbocycles. The van der Waals surface area contributed by atoms with Gasteiger partial charge in [-0.3, -0.25) is 24.7 Å². The van der Waals surface area contributed by atoms with Crippen LogP contribution in [0.25, 0.3) is 0 Å². The van der Waals surface area contributed by atoms with Gasteiger partial charge in [-0.2, -0.15) is 0 Å². The Kier molecular flexibility index (Phi) is 8.15. The van der Waals surface area contributed by atoms with Crippen LogP contribution in [-0.4, -0.2) is 77.7 Å². The maximum absolute atomic E-state index is 12.4. The molecule has 9 heteroatoms. The van der Waals surface area contributed by atoms with Crippen molar-refractivity contribution >= 4 is 17.3 Å². The number of carbonyl (C=O) groups is 1. The fourth-order valence-corrected chi connectivity index (χ4v) is 3.64. The highest BCUT2D eigenvalue weighted by Gasteiger charge is 2.21. The highest BCUT2D eigenvalue weighted by molar-refractivity contribution is 5.93. The van der Waals surface area contributed by atoms with Crippen LogP contribution >= 0.6 is 0 Å². The Balaban J connectivity index is 1.38. The smallest absolute Gasteiger partial charge is 0.273 e. The third-order valence-electron chi connectivity index (χ3n) is 5.65. The number of β-amino-alcohol motifs (C(OH)–C–C–N with tert-alkyl or cyclic N) is 1. The average molecular weight is 443 g/mol. The number of nitrogens with zero attached hydrogens (tertiary/aromatic N) is 3. The summed E-state index contributed by atoms with van der Waals surface area (Å²) in [6.07, 6.45) is -0.714. The number of rotatable bonds is 9. The molecule has 1 aliphatic heterocycles. The molecular formula is C23H30N4O5. The minimum atomic E-state index is -0.714. The van der Waals surface area contributed by atoms with Crippen molar-refractivity contribution in [2.45, 2.75) is 20.0 Å². The van der Waals surface area contributed by atoms with Crippen LogP contribution in [0.1, 0.15) is 11.1 Å². The fraction of sp³-hybridized carbons (Fsp3) is 0.435. The second-order valence-electron chi connectivity index (χ2n) is 8.09. The highest BCUT2D eigenvalue weighted by Crippen LogP contribution is 2.20. The summed E-state index contributed by atoms with van der Waals surface area (Å²) in [6, 6.07) is 11.8. The normalized spacial score (nSPS) is 15.8. The van der Waals surface area contributed by atoms with Crippen molar-refractivity contribution < 1.29 is 19.6 Å². The first-order valence-corrected chi connectivity index (χ1v) is 10.7. The molecule has 0 bridgehead atoms. The first kappa shape index (κ1) is 23.6. The standard InChI is InChI=1S/C23H30N4O5/c1-17-5-3-8-22(18(17)2)24-23(29)15-26-11-9-25(10-12-26)14-20(28)16-32-21-7-4-6-19(13-21)27(30)31/h3-8,13,20,28H,9-12,14-16H2,1-2H3,(H,24,29). The van der Waals surface area contributed by atoms with Gasteiger partial charge in [0.05, 0.1) is 17.5 Å². The van der Waals surface area contributed by atoms with Crippen molar-refractivity contribution in [3.05, 3.63) is 63.7 Å². The zero-order valence-electron chi connectivity index (χ0n) is 18.5. The summed E-state index contributed by atoms with van der Waals surface area (Å²) in [4.78, 5) is 27.0. The second kappa shape index (κ2) is 11.0. The summed E-state index contributed by atoms with van der Waals surface area (Å²) < 4.78 is 5.50. The van der Waals surface area contributed by atoms with Gasteiger partial charge in [0, 0.05) is 44.5 Å². The lowest BCUT2D eigenvalue weighted by molar-refractivity contribution is -0.384. The summed E-state index contributed by atoms with van der Waals surface area (Å²) >= 11 is 0. The van der Waals surface area contributed by atoms with E-state index in [4.69, 9.17) is 4.74 Å². The molecule has 9 nitrogen and oxygen atoms in total. The van der Waals surface area contributed by atoms with Gasteiger partial charge in [-0.1, -0.05) is 18.2 Å². The van der Waals surface area contributed by atoms with Gasteiger partial charge in [0.25, 0.3) is 5.69 Å². The number of amides is 1. The molecule has 2 aromatic rings. The number of hydrogen-bond acceptors (Lipinski definition) is 7. The van der Waals surface area contributed by atoms with E-state index < -0.39 is 11.0 Å². The summed E-state index contributed by atoms with van der Waals surface area (Å²) in [5, 5.41) is 24.1. The van der Waals surface area contributed by atoms with Gasteiger partial charge in [-0.25, -0.2) is 0 Å². The number of hydrogen-bond donors (Lipinski definition) is 2. The molecule has 1 heterocycles. The Hall–Kier alpha value is -3.01. The number of ether oxygens (including phenoxy) is 1. The number of aryl methyl sites for hydroxylation is 1. The van der Waals surface area contributed by atoms with E-state index in [0.29, 0.717) is 18.8 Å². The molecule has 1 saturated heterocycles. The second-order valence-corrected chi connectivity index (χ2v) is 8.09. The first-order chi connectivity index (χ1) is 15.3. The molecule has 1 atom stereocenters. The van der Waals surface area contributed by atoms with Crippen LogP contribution in [0, 0.1) is 24.0 Å². The van der Waals surface area contributed by atoms with Crippen molar-refractivity contribution in [2.24, 2.45) is 0 Å². The molecule has 2 aromatic carbocycles. The number of carbonyl (C=O) groups excluding carboxylic acids is 1. The van der Waals surface area contributed by atoms with Crippen molar-refractivity contribution in [1.82, 2.24) is 9.80 Å². The SMILES string of the molecule is Cc1cccc(NC(=O)CN2CCN(CC(O)COc3cccc([N+](=O)[O-])c3)CC2)c1C. The molecule has 0 aromatic heterocycles. The molecule has 1 unspecified atom stereocenters. The van der Waals surface area contributed by atoms with E-state index in [-0.39, 0.29) is 18.2 Å². The lowest BCUT2D eigenvalue weighted by atomic mass is 10.1. The molecule has 1 aliphatic rings. The number of non-ortho nitro benzene ring substituents is 1. The predicted molar refractivity (Wildman–Crippen MR) is 122 cm³/mol. The Morgan fingerprint density at radius 1 is 1.16 bits per heavy atom. The number of piperazine rings is 1. The van der Waals surface area contributed by atoms with E-state index >= 15 is 0 Å². The molecule has 1 fully saturated rings. The van der Waals surface area contributed by atoms with Crippen LogP contribution in [0.3, 0.4) is 0 Å². The lowest BCUT2D eigenvalue weighted by Crippen LogP contribution is -2.50. The lowest BCUT2D eigenvalue weighted by Gasteiger charge is -2.35. The molecule has 0 saturated carbocycles. The zero-order valence-corrected chi connectivity index (χ0v) is 18.5. The van der Waals surface area contributed by atoms with Crippen molar-refractivity contribution in [1.29, 1.82) is 0 Å². The highest BCUT2D eigenvalue weighted by atomic mass is 16.6. The van der Waals surface area contributed by atoms with Gasteiger partial charge in [0.2, 0.25) is 5.91 Å². The third-order valence-corrected chi connectivity index (χ3v) is 5.65. The minimum Gasteiger partial charge on any atom is -0.491 e. The Bertz CT molecular complexity index is 944. The van der Waals surface area contributed by atoms with Gasteiger partial charge in [-0.15, -0.1) is 0 Å². The number of aliphatic hydroxyl groups is 1. The van der Waals surface area contributed by atoms with Crippen LogP contribution in [0.4, 0.5) is 11.4 Å². The first-order valence-electron chi connectivity index (χ1n) is 10.7. The quantitative estimate of drug-likeness (QED) is 0.453. The molecule has 0 spiro atoms. The third kappa shape index (κ3) is 6.74. The molecular weight excluding hydrogens is 412 g/mol. The zero-order chi connectivity index (χ0) is 23.1. The number of nitro benzene ring substituents is 1. The maximum atomic E-state index is 12.4. The molecule has 172 valence electrons. The molecule has 2 N–H and O–H groups in total. The number of aliphatic hydroxyl groups excluding tert-OH is 1. The monoisotopic (exact) mass is 442 g/mol. The van der Waals surface area contributed by atoms with Gasteiger partial charge in [-0.05, 0) is 37.1 Å². The van der Waals surface area contributed by atoms with Crippen molar-refractivity contribution in [2.75, 3.05) is 51.2 Å². The molecule has 32 heavy (non-hydrogen) atoms. The van der Waals surface area contributed by atoms with Gasteiger partial charge in [0.1, 0.15) is 18.5 Å². The van der Waals surface area contributed by atoms with Gasteiger partial charge in [0.15, 0.2) is 0 Å². The van der Waals surface area contributed by atoms with Crippen molar-refractivity contribution in [3.8, 4) is 5.75 Å². The summed E-state index contributed by atoms with van der Waals surface area (Å²) in [5.74, 6) is 0.329. The van der Waals surface area contributed by atoms with Crippen LogP contribution in [0.15, 0.2) is 42.5 Å². The molecule has 3 rings (SSSR count). The van der Waals surface area contributed by atoms with Crippen LogP contribution in [0.2, 0.25) is 0 Å².